The fourth-order valence-corrected chi connectivity index (χ4v) is 4.08. The van der Waals surface area contributed by atoms with Gasteiger partial charge in [0.15, 0.2) is 0 Å². The highest BCUT2D eigenvalue weighted by Gasteiger charge is 2.62. The highest BCUT2D eigenvalue weighted by molar-refractivity contribution is 7.99. The topological polar surface area (TPSA) is 64.3 Å². The van der Waals surface area contributed by atoms with E-state index in [4.69, 9.17) is 10.5 Å². The molecule has 0 radical (unpaired) electrons. The summed E-state index contributed by atoms with van der Waals surface area (Å²) in [5.41, 5.74) is 5.29. The van der Waals surface area contributed by atoms with Gasteiger partial charge in [-0.2, -0.15) is 11.8 Å². The van der Waals surface area contributed by atoms with Crippen molar-refractivity contribution in [3.05, 3.63) is 0 Å². The van der Waals surface area contributed by atoms with Crippen LogP contribution in [0.3, 0.4) is 0 Å². The second kappa shape index (κ2) is 5.62. The second-order valence-electron chi connectivity index (χ2n) is 6.20. The first-order valence-electron chi connectivity index (χ1n) is 7.21. The van der Waals surface area contributed by atoms with Crippen LogP contribution in [0, 0.1) is 5.41 Å². The predicted octanol–water partition coefficient (Wildman–Crippen LogP) is 1.53. The first kappa shape index (κ1) is 15.1. The molecule has 0 bridgehead atoms. The fourth-order valence-electron chi connectivity index (χ4n) is 2.98. The highest BCUT2D eigenvalue weighted by atomic mass is 32.2. The molecule has 4 nitrogen and oxygen atoms in total. The first-order valence-corrected chi connectivity index (χ1v) is 8.36. The van der Waals surface area contributed by atoms with Crippen LogP contribution in [0.5, 0.6) is 0 Å². The van der Waals surface area contributed by atoms with Gasteiger partial charge in [0, 0.05) is 24.5 Å². The van der Waals surface area contributed by atoms with E-state index in [0.29, 0.717) is 19.1 Å². The van der Waals surface area contributed by atoms with Crippen LogP contribution in [0.2, 0.25) is 0 Å². The molecule has 5 heteroatoms. The molecule has 110 valence electrons. The molecule has 1 saturated carbocycles. The SMILES string of the molecule is CCOC1CC(N)(C(=O)NC2CCSCC2)C1(C)C. The van der Waals surface area contributed by atoms with Crippen LogP contribution in [0.15, 0.2) is 0 Å². The number of thioether (sulfide) groups is 1. The average molecular weight is 286 g/mol. The molecule has 1 aliphatic carbocycles. The Labute approximate surface area is 120 Å². The molecule has 0 aromatic heterocycles. The van der Waals surface area contributed by atoms with E-state index in [9.17, 15) is 4.79 Å². The lowest BCUT2D eigenvalue weighted by Gasteiger charge is -2.57. The number of hydrogen-bond donors (Lipinski definition) is 2. The first-order chi connectivity index (χ1) is 8.91. The Morgan fingerprint density at radius 2 is 2.05 bits per heavy atom. The Morgan fingerprint density at radius 1 is 1.42 bits per heavy atom. The predicted molar refractivity (Wildman–Crippen MR) is 79.2 cm³/mol. The van der Waals surface area contributed by atoms with Crippen LogP contribution in [-0.4, -0.2) is 41.7 Å². The molecule has 1 saturated heterocycles. The number of carbonyl (C=O) groups excluding carboxylic acids is 1. The average Bonchev–Trinajstić information content (AvgIpc) is 2.39. The summed E-state index contributed by atoms with van der Waals surface area (Å²) in [7, 11) is 0. The van der Waals surface area contributed by atoms with E-state index < -0.39 is 5.54 Å². The normalized spacial score (nSPS) is 34.6. The molecule has 2 rings (SSSR count). The van der Waals surface area contributed by atoms with Crippen molar-refractivity contribution in [2.75, 3.05) is 18.1 Å². The molecule has 2 aliphatic rings. The molecule has 0 aromatic rings. The van der Waals surface area contributed by atoms with E-state index in [1.807, 2.05) is 32.5 Å². The number of carbonyl (C=O) groups is 1. The number of amides is 1. The van der Waals surface area contributed by atoms with E-state index in [0.717, 1.165) is 24.3 Å². The number of nitrogens with one attached hydrogen (secondary N) is 1. The second-order valence-corrected chi connectivity index (χ2v) is 7.43. The van der Waals surface area contributed by atoms with Gasteiger partial charge >= 0.3 is 0 Å². The highest BCUT2D eigenvalue weighted by Crippen LogP contribution is 2.49. The largest absolute Gasteiger partial charge is 0.378 e. The Hall–Kier alpha value is -0.260. The lowest BCUT2D eigenvalue weighted by atomic mass is 9.54. The lowest BCUT2D eigenvalue weighted by molar-refractivity contribution is -0.171. The van der Waals surface area contributed by atoms with Crippen molar-refractivity contribution in [1.82, 2.24) is 5.32 Å². The van der Waals surface area contributed by atoms with Gasteiger partial charge in [-0.05, 0) is 31.3 Å². The summed E-state index contributed by atoms with van der Waals surface area (Å²) < 4.78 is 5.67. The van der Waals surface area contributed by atoms with Crippen LogP contribution < -0.4 is 11.1 Å². The Bertz CT molecular complexity index is 342. The van der Waals surface area contributed by atoms with Crippen molar-refractivity contribution in [2.24, 2.45) is 11.1 Å². The third kappa shape index (κ3) is 2.65. The maximum atomic E-state index is 12.5. The number of ether oxygens (including phenoxy) is 1. The maximum Gasteiger partial charge on any atom is 0.241 e. The number of rotatable bonds is 4. The van der Waals surface area contributed by atoms with Crippen molar-refractivity contribution in [3.63, 3.8) is 0 Å². The summed E-state index contributed by atoms with van der Waals surface area (Å²) in [4.78, 5) is 12.5. The van der Waals surface area contributed by atoms with Gasteiger partial charge in [-0.15, -0.1) is 0 Å². The monoisotopic (exact) mass is 286 g/mol. The maximum absolute atomic E-state index is 12.5. The minimum absolute atomic E-state index is 0.00496. The Kier molecular flexibility index (Phi) is 4.48. The molecular weight excluding hydrogens is 260 g/mol. The molecule has 1 heterocycles. The molecule has 1 aliphatic heterocycles. The van der Waals surface area contributed by atoms with Crippen LogP contribution in [-0.2, 0) is 9.53 Å². The summed E-state index contributed by atoms with van der Waals surface area (Å²) in [6, 6.07) is 0.302. The quantitative estimate of drug-likeness (QED) is 0.822. The van der Waals surface area contributed by atoms with Crippen molar-refractivity contribution < 1.29 is 9.53 Å². The van der Waals surface area contributed by atoms with Gasteiger partial charge in [-0.25, -0.2) is 0 Å². The standard InChI is InChI=1S/C14H26N2O2S/c1-4-18-11-9-14(15,13(11,2)3)12(17)16-10-5-7-19-8-6-10/h10-11H,4-9,15H2,1-3H3,(H,16,17). The fraction of sp³-hybridized carbons (Fsp3) is 0.929. The molecule has 19 heavy (non-hydrogen) atoms. The van der Waals surface area contributed by atoms with E-state index in [1.165, 1.54) is 0 Å². The molecule has 3 N–H and O–H groups in total. The van der Waals surface area contributed by atoms with Crippen molar-refractivity contribution in [1.29, 1.82) is 0 Å². The molecule has 0 aromatic carbocycles. The molecular formula is C14H26N2O2S. The van der Waals surface area contributed by atoms with Crippen LogP contribution in [0.25, 0.3) is 0 Å². The minimum Gasteiger partial charge on any atom is -0.378 e. The zero-order chi connectivity index (χ0) is 14.1. The van der Waals surface area contributed by atoms with Gasteiger partial charge in [0.1, 0.15) is 5.54 Å². The third-order valence-corrected chi connectivity index (χ3v) is 5.84. The zero-order valence-electron chi connectivity index (χ0n) is 12.2. The van der Waals surface area contributed by atoms with Gasteiger partial charge in [0.2, 0.25) is 5.91 Å². The van der Waals surface area contributed by atoms with Crippen LogP contribution in [0.4, 0.5) is 0 Å². The Balaban J connectivity index is 1.95. The summed E-state index contributed by atoms with van der Waals surface area (Å²) in [5.74, 6) is 2.27. The number of hydrogen-bond acceptors (Lipinski definition) is 4. The van der Waals surface area contributed by atoms with Crippen LogP contribution in [0.1, 0.15) is 40.0 Å². The lowest BCUT2D eigenvalue weighted by Crippen LogP contribution is -2.76. The third-order valence-electron chi connectivity index (χ3n) is 4.79. The summed E-state index contributed by atoms with van der Waals surface area (Å²) in [5, 5.41) is 3.15. The van der Waals surface area contributed by atoms with E-state index in [-0.39, 0.29) is 17.4 Å². The molecule has 0 spiro atoms. The molecule has 2 fully saturated rings. The van der Waals surface area contributed by atoms with E-state index in [1.54, 1.807) is 0 Å². The van der Waals surface area contributed by atoms with E-state index in [2.05, 4.69) is 5.32 Å². The smallest absolute Gasteiger partial charge is 0.241 e. The van der Waals surface area contributed by atoms with Crippen molar-refractivity contribution >= 4 is 17.7 Å². The van der Waals surface area contributed by atoms with Crippen molar-refractivity contribution in [3.8, 4) is 0 Å². The van der Waals surface area contributed by atoms with E-state index >= 15 is 0 Å². The summed E-state index contributed by atoms with van der Waals surface area (Å²) in [6.45, 7) is 6.72. The van der Waals surface area contributed by atoms with Gasteiger partial charge in [0.25, 0.3) is 0 Å². The zero-order valence-corrected chi connectivity index (χ0v) is 13.0. The molecule has 2 unspecified atom stereocenters. The minimum atomic E-state index is -0.780. The van der Waals surface area contributed by atoms with Crippen LogP contribution >= 0.6 is 11.8 Å². The summed E-state index contributed by atoms with van der Waals surface area (Å²) >= 11 is 1.96. The molecule has 1 amide bonds. The van der Waals surface area contributed by atoms with Gasteiger partial charge in [0.05, 0.1) is 6.10 Å². The van der Waals surface area contributed by atoms with Gasteiger partial charge in [-0.3, -0.25) is 4.79 Å². The van der Waals surface area contributed by atoms with Crippen molar-refractivity contribution in [2.45, 2.75) is 57.7 Å². The number of nitrogens with two attached hydrogens (primary N) is 1. The summed E-state index contributed by atoms with van der Waals surface area (Å²) in [6.07, 6.45) is 2.83. The molecule has 2 atom stereocenters. The Morgan fingerprint density at radius 3 is 2.58 bits per heavy atom. The van der Waals surface area contributed by atoms with Gasteiger partial charge < -0.3 is 15.8 Å². The van der Waals surface area contributed by atoms with Gasteiger partial charge in [-0.1, -0.05) is 13.8 Å².